The lowest BCUT2D eigenvalue weighted by Gasteiger charge is -2.30. The largest absolute Gasteiger partial charge is 0.468 e. The Morgan fingerprint density at radius 1 is 1.60 bits per heavy atom. The molecule has 20 heavy (non-hydrogen) atoms. The van der Waals surface area contributed by atoms with Crippen molar-refractivity contribution in [2.75, 3.05) is 13.7 Å². The van der Waals surface area contributed by atoms with Gasteiger partial charge in [-0.25, -0.2) is 4.68 Å². The molecule has 0 aliphatic carbocycles. The van der Waals surface area contributed by atoms with Gasteiger partial charge >= 0.3 is 5.97 Å². The molecule has 2 atom stereocenters. The summed E-state index contributed by atoms with van der Waals surface area (Å²) in [5.74, 6) is -0.241. The van der Waals surface area contributed by atoms with Crippen molar-refractivity contribution in [2.24, 2.45) is 7.05 Å². The molecule has 0 radical (unpaired) electrons. The molecule has 1 aromatic heterocycles. The van der Waals surface area contributed by atoms with E-state index in [-0.39, 0.29) is 11.2 Å². The summed E-state index contributed by atoms with van der Waals surface area (Å²) in [4.78, 5) is 12.0. The summed E-state index contributed by atoms with van der Waals surface area (Å²) in [6.45, 7) is 6.76. The number of esters is 1. The standard InChI is InChI=1S/C12H23N5O2S/c1-6-7-13-12(3,10(18)19-5)8-9(2)20-11-14-15-16-17(11)4/h9,13H,6-8H2,1-5H3. The SMILES string of the molecule is CCCNC(C)(CC(C)Sc1nnnn1C)C(=O)OC. The van der Waals surface area contributed by atoms with Crippen LogP contribution in [-0.2, 0) is 16.6 Å². The van der Waals surface area contributed by atoms with Gasteiger partial charge in [0.05, 0.1) is 7.11 Å². The van der Waals surface area contributed by atoms with Crippen LogP contribution in [0, 0.1) is 0 Å². The van der Waals surface area contributed by atoms with Gasteiger partial charge in [-0.15, -0.1) is 5.10 Å². The molecule has 0 amide bonds. The van der Waals surface area contributed by atoms with Gasteiger partial charge in [-0.2, -0.15) is 0 Å². The summed E-state index contributed by atoms with van der Waals surface area (Å²) in [5.41, 5.74) is -0.691. The minimum absolute atomic E-state index is 0.174. The Balaban J connectivity index is 2.68. The second-order valence-electron chi connectivity index (χ2n) is 4.97. The molecule has 0 aromatic carbocycles. The van der Waals surface area contributed by atoms with Crippen molar-refractivity contribution in [1.29, 1.82) is 0 Å². The van der Waals surface area contributed by atoms with Crippen LogP contribution in [0.3, 0.4) is 0 Å². The van der Waals surface area contributed by atoms with Crippen molar-refractivity contribution in [3.63, 3.8) is 0 Å². The number of carbonyl (C=O) groups excluding carboxylic acids is 1. The first-order valence-electron chi connectivity index (χ1n) is 6.65. The molecule has 0 fully saturated rings. The van der Waals surface area contributed by atoms with E-state index < -0.39 is 5.54 Å². The summed E-state index contributed by atoms with van der Waals surface area (Å²) >= 11 is 1.54. The average Bonchev–Trinajstić information content (AvgIpc) is 2.80. The number of nitrogens with zero attached hydrogens (tertiary/aromatic N) is 4. The first-order valence-corrected chi connectivity index (χ1v) is 7.53. The van der Waals surface area contributed by atoms with E-state index in [2.05, 4.69) is 27.8 Å². The van der Waals surface area contributed by atoms with Gasteiger partial charge in [0.25, 0.3) is 0 Å². The number of aryl methyl sites for hydroxylation is 1. The molecule has 114 valence electrons. The maximum Gasteiger partial charge on any atom is 0.325 e. The number of ether oxygens (including phenoxy) is 1. The molecule has 0 saturated carbocycles. The van der Waals surface area contributed by atoms with Crippen LogP contribution >= 0.6 is 11.8 Å². The highest BCUT2D eigenvalue weighted by Crippen LogP contribution is 2.27. The molecule has 1 heterocycles. The third-order valence-electron chi connectivity index (χ3n) is 2.98. The third kappa shape index (κ3) is 4.45. The monoisotopic (exact) mass is 301 g/mol. The Bertz CT molecular complexity index is 439. The van der Waals surface area contributed by atoms with Crippen molar-refractivity contribution in [3.8, 4) is 0 Å². The Morgan fingerprint density at radius 3 is 2.80 bits per heavy atom. The Morgan fingerprint density at radius 2 is 2.30 bits per heavy atom. The highest BCUT2D eigenvalue weighted by atomic mass is 32.2. The summed E-state index contributed by atoms with van der Waals surface area (Å²) < 4.78 is 6.54. The molecule has 7 nitrogen and oxygen atoms in total. The fraction of sp³-hybridized carbons (Fsp3) is 0.833. The lowest BCUT2D eigenvalue weighted by atomic mass is 9.96. The number of methoxy groups -OCH3 is 1. The fourth-order valence-corrected chi connectivity index (χ4v) is 3.02. The van der Waals surface area contributed by atoms with Gasteiger partial charge in [0.15, 0.2) is 0 Å². The fourth-order valence-electron chi connectivity index (χ4n) is 1.97. The Labute approximate surface area is 123 Å². The molecule has 1 rings (SSSR count). The normalized spacial score (nSPS) is 15.7. The number of thioether (sulfide) groups is 1. The van der Waals surface area contributed by atoms with Gasteiger partial charge in [-0.1, -0.05) is 25.6 Å². The van der Waals surface area contributed by atoms with Crippen LogP contribution in [0.2, 0.25) is 0 Å². The van der Waals surface area contributed by atoms with Gasteiger partial charge in [0.2, 0.25) is 5.16 Å². The van der Waals surface area contributed by atoms with Gasteiger partial charge in [-0.05, 0) is 36.7 Å². The molecule has 0 aliphatic rings. The van der Waals surface area contributed by atoms with E-state index in [4.69, 9.17) is 4.74 Å². The predicted molar refractivity (Wildman–Crippen MR) is 77.4 cm³/mol. The predicted octanol–water partition coefficient (Wildman–Crippen LogP) is 1.01. The average molecular weight is 301 g/mol. The number of aromatic nitrogens is 4. The molecular weight excluding hydrogens is 278 g/mol. The zero-order chi connectivity index (χ0) is 15.2. The van der Waals surface area contributed by atoms with E-state index in [9.17, 15) is 4.79 Å². The summed E-state index contributed by atoms with van der Waals surface area (Å²) in [7, 11) is 3.21. The Kier molecular flexibility index (Phi) is 6.41. The molecule has 0 aliphatic heterocycles. The van der Waals surface area contributed by atoms with Crippen LogP contribution in [-0.4, -0.2) is 50.6 Å². The number of carbonyl (C=O) groups is 1. The first-order chi connectivity index (χ1) is 9.42. The maximum atomic E-state index is 12.0. The van der Waals surface area contributed by atoms with E-state index in [1.807, 2.05) is 13.8 Å². The van der Waals surface area contributed by atoms with E-state index >= 15 is 0 Å². The molecule has 0 spiro atoms. The molecule has 8 heteroatoms. The number of rotatable bonds is 8. The van der Waals surface area contributed by atoms with Crippen molar-refractivity contribution >= 4 is 17.7 Å². The van der Waals surface area contributed by atoms with E-state index in [1.165, 1.54) is 7.11 Å². The molecular formula is C12H23N5O2S. The van der Waals surface area contributed by atoms with Crippen molar-refractivity contribution in [1.82, 2.24) is 25.5 Å². The Hall–Kier alpha value is -1.15. The highest BCUT2D eigenvalue weighted by Gasteiger charge is 2.35. The molecule has 0 bridgehead atoms. The van der Waals surface area contributed by atoms with Crippen LogP contribution < -0.4 is 5.32 Å². The smallest absolute Gasteiger partial charge is 0.325 e. The lowest BCUT2D eigenvalue weighted by Crippen LogP contribution is -2.51. The number of hydrogen-bond acceptors (Lipinski definition) is 7. The molecule has 2 unspecified atom stereocenters. The van der Waals surface area contributed by atoms with Crippen molar-refractivity contribution < 1.29 is 9.53 Å². The van der Waals surface area contributed by atoms with Gasteiger partial charge in [-0.3, -0.25) is 4.79 Å². The molecule has 0 saturated heterocycles. The van der Waals surface area contributed by atoms with Crippen LogP contribution in [0.1, 0.15) is 33.6 Å². The maximum absolute atomic E-state index is 12.0. The van der Waals surface area contributed by atoms with E-state index in [0.29, 0.717) is 6.42 Å². The first kappa shape index (κ1) is 16.9. The zero-order valence-electron chi connectivity index (χ0n) is 12.7. The van der Waals surface area contributed by atoms with Crippen LogP contribution in [0.5, 0.6) is 0 Å². The van der Waals surface area contributed by atoms with Gasteiger partial charge in [0.1, 0.15) is 5.54 Å². The quantitative estimate of drug-likeness (QED) is 0.567. The summed E-state index contributed by atoms with van der Waals surface area (Å²) in [6.07, 6.45) is 1.60. The van der Waals surface area contributed by atoms with E-state index in [0.717, 1.165) is 18.1 Å². The number of tetrazole rings is 1. The minimum Gasteiger partial charge on any atom is -0.468 e. The van der Waals surface area contributed by atoms with E-state index in [1.54, 1.807) is 23.5 Å². The number of hydrogen-bond donors (Lipinski definition) is 1. The topological polar surface area (TPSA) is 81.9 Å². The summed E-state index contributed by atoms with van der Waals surface area (Å²) in [5, 5.41) is 15.5. The third-order valence-corrected chi connectivity index (χ3v) is 4.11. The summed E-state index contributed by atoms with van der Waals surface area (Å²) in [6, 6.07) is 0. The molecule has 1 N–H and O–H groups in total. The van der Waals surface area contributed by atoms with Gasteiger partial charge < -0.3 is 10.1 Å². The van der Waals surface area contributed by atoms with Crippen molar-refractivity contribution in [2.45, 2.75) is 49.6 Å². The van der Waals surface area contributed by atoms with Crippen LogP contribution in [0.15, 0.2) is 5.16 Å². The second kappa shape index (κ2) is 7.58. The van der Waals surface area contributed by atoms with Gasteiger partial charge in [0, 0.05) is 12.3 Å². The van der Waals surface area contributed by atoms with Crippen LogP contribution in [0.25, 0.3) is 0 Å². The number of nitrogens with one attached hydrogen (secondary N) is 1. The zero-order valence-corrected chi connectivity index (χ0v) is 13.5. The van der Waals surface area contributed by atoms with Crippen molar-refractivity contribution in [3.05, 3.63) is 0 Å². The van der Waals surface area contributed by atoms with Crippen LogP contribution in [0.4, 0.5) is 0 Å². The second-order valence-corrected chi connectivity index (χ2v) is 6.37. The minimum atomic E-state index is -0.691. The molecule has 1 aromatic rings. The lowest BCUT2D eigenvalue weighted by molar-refractivity contribution is -0.148. The highest BCUT2D eigenvalue weighted by molar-refractivity contribution is 7.99.